The highest BCUT2D eigenvalue weighted by atomic mass is 35.5. The Balaban J connectivity index is 2.13. The number of halogens is 4. The molecule has 0 atom stereocenters. The number of benzene rings is 1. The lowest BCUT2D eigenvalue weighted by atomic mass is 10.1. The number of alkyl halides is 3. The molecule has 24 heavy (non-hydrogen) atoms. The monoisotopic (exact) mass is 384 g/mol. The van der Waals surface area contributed by atoms with E-state index in [4.69, 9.17) is 11.6 Å². The molecule has 1 saturated heterocycles. The van der Waals surface area contributed by atoms with Gasteiger partial charge in [0.2, 0.25) is 10.0 Å². The van der Waals surface area contributed by atoms with E-state index in [1.165, 1.54) is 16.4 Å². The van der Waals surface area contributed by atoms with Crippen LogP contribution in [0.5, 0.6) is 0 Å². The van der Waals surface area contributed by atoms with Gasteiger partial charge in [0.25, 0.3) is 0 Å². The second-order valence-corrected chi connectivity index (χ2v) is 8.24. The molecule has 1 fully saturated rings. The van der Waals surface area contributed by atoms with Crippen LogP contribution in [-0.4, -0.2) is 44.7 Å². The van der Waals surface area contributed by atoms with Gasteiger partial charge < -0.3 is 4.90 Å². The van der Waals surface area contributed by atoms with E-state index in [0.29, 0.717) is 6.42 Å². The minimum absolute atomic E-state index is 0.0202. The average molecular weight is 385 g/mol. The molecule has 2 rings (SSSR count). The quantitative estimate of drug-likeness (QED) is 0.778. The van der Waals surface area contributed by atoms with Gasteiger partial charge in [-0.2, -0.15) is 17.5 Å². The maximum atomic E-state index is 13.2. The summed E-state index contributed by atoms with van der Waals surface area (Å²) in [6.45, 7) is 2.72. The molecular formula is C15H20ClF3N2O2S. The van der Waals surface area contributed by atoms with Crippen LogP contribution in [0.25, 0.3) is 0 Å². The lowest BCUT2D eigenvalue weighted by Gasteiger charge is -2.36. The molecule has 0 radical (unpaired) electrons. The van der Waals surface area contributed by atoms with Gasteiger partial charge in [-0.05, 0) is 24.6 Å². The molecule has 9 heteroatoms. The zero-order valence-corrected chi connectivity index (χ0v) is 14.9. The number of sulfonamides is 1. The summed E-state index contributed by atoms with van der Waals surface area (Å²) in [5.41, 5.74) is -0.755. The smallest absolute Gasteiger partial charge is 0.368 e. The maximum absolute atomic E-state index is 13.2. The summed E-state index contributed by atoms with van der Waals surface area (Å²) in [5.74, 6) is 0.0816. The summed E-state index contributed by atoms with van der Waals surface area (Å²) < 4.78 is 65.3. The van der Waals surface area contributed by atoms with Crippen molar-refractivity contribution in [3.63, 3.8) is 0 Å². The number of hydrogen-bond acceptors (Lipinski definition) is 3. The van der Waals surface area contributed by atoms with Gasteiger partial charge >= 0.3 is 6.18 Å². The zero-order chi connectivity index (χ0) is 18.0. The molecule has 0 bridgehead atoms. The second kappa shape index (κ2) is 7.49. The van der Waals surface area contributed by atoms with Crippen molar-refractivity contribution >= 4 is 27.3 Å². The van der Waals surface area contributed by atoms with Crippen LogP contribution < -0.4 is 4.90 Å². The standard InChI is InChI=1S/C15H20ClF3N2O2S/c1-2-3-10-24(22,23)21-8-6-20(7-9-21)14-5-4-12(16)11-13(14)15(17,18)19/h4-5,11H,2-3,6-10H2,1H3. The first kappa shape index (κ1) is 19.3. The van der Waals surface area contributed by atoms with Crippen molar-refractivity contribution < 1.29 is 21.6 Å². The van der Waals surface area contributed by atoms with E-state index in [1.54, 1.807) is 4.90 Å². The molecule has 0 N–H and O–H groups in total. The van der Waals surface area contributed by atoms with E-state index in [9.17, 15) is 21.6 Å². The van der Waals surface area contributed by atoms with Gasteiger partial charge in [-0.15, -0.1) is 0 Å². The summed E-state index contributed by atoms with van der Waals surface area (Å²) in [6, 6.07) is 3.66. The Labute approximate surface area is 145 Å². The predicted molar refractivity (Wildman–Crippen MR) is 88.9 cm³/mol. The second-order valence-electron chi connectivity index (χ2n) is 5.71. The maximum Gasteiger partial charge on any atom is 0.418 e. The molecule has 0 amide bonds. The normalized spacial score (nSPS) is 17.3. The molecule has 0 aromatic heterocycles. The fourth-order valence-corrected chi connectivity index (χ4v) is 4.48. The SMILES string of the molecule is CCCCS(=O)(=O)N1CCN(c2ccc(Cl)cc2C(F)(F)F)CC1. The van der Waals surface area contributed by atoms with Crippen LogP contribution >= 0.6 is 11.6 Å². The molecule has 0 spiro atoms. The van der Waals surface area contributed by atoms with Crippen LogP contribution in [0.1, 0.15) is 25.3 Å². The van der Waals surface area contributed by atoms with Crippen molar-refractivity contribution in [1.29, 1.82) is 0 Å². The fraction of sp³-hybridized carbons (Fsp3) is 0.600. The third-order valence-corrected chi connectivity index (χ3v) is 6.18. The molecule has 1 aliphatic rings. The van der Waals surface area contributed by atoms with E-state index < -0.39 is 21.8 Å². The van der Waals surface area contributed by atoms with Crippen molar-refractivity contribution in [3.05, 3.63) is 28.8 Å². The zero-order valence-electron chi connectivity index (χ0n) is 13.3. The molecule has 0 unspecified atom stereocenters. The lowest BCUT2D eigenvalue weighted by Crippen LogP contribution is -2.49. The van der Waals surface area contributed by atoms with Crippen molar-refractivity contribution in [3.8, 4) is 0 Å². The number of anilines is 1. The van der Waals surface area contributed by atoms with E-state index in [1.807, 2.05) is 6.92 Å². The third-order valence-electron chi connectivity index (χ3n) is 3.99. The molecule has 1 aromatic carbocycles. The molecule has 1 aliphatic heterocycles. The molecule has 1 heterocycles. The Morgan fingerprint density at radius 3 is 2.33 bits per heavy atom. The van der Waals surface area contributed by atoms with Gasteiger partial charge in [0.05, 0.1) is 11.3 Å². The van der Waals surface area contributed by atoms with Crippen molar-refractivity contribution in [2.45, 2.75) is 25.9 Å². The Bertz CT molecular complexity index is 672. The first-order valence-electron chi connectivity index (χ1n) is 7.74. The largest absolute Gasteiger partial charge is 0.418 e. The number of piperazine rings is 1. The van der Waals surface area contributed by atoms with E-state index in [2.05, 4.69) is 0 Å². The highest BCUT2D eigenvalue weighted by Crippen LogP contribution is 2.38. The topological polar surface area (TPSA) is 40.6 Å². The van der Waals surface area contributed by atoms with Crippen molar-refractivity contribution in [1.82, 2.24) is 4.31 Å². The summed E-state index contributed by atoms with van der Waals surface area (Å²) >= 11 is 5.69. The molecule has 136 valence electrons. The summed E-state index contributed by atoms with van der Waals surface area (Å²) in [6.07, 6.45) is -3.15. The summed E-state index contributed by atoms with van der Waals surface area (Å²) in [7, 11) is -3.33. The molecule has 4 nitrogen and oxygen atoms in total. The third kappa shape index (κ3) is 4.55. The van der Waals surface area contributed by atoms with Gasteiger partial charge in [-0.25, -0.2) is 8.42 Å². The fourth-order valence-electron chi connectivity index (χ4n) is 2.67. The van der Waals surface area contributed by atoms with Crippen LogP contribution in [0.15, 0.2) is 18.2 Å². The number of nitrogens with zero attached hydrogens (tertiary/aromatic N) is 2. The summed E-state index contributed by atoms with van der Waals surface area (Å²) in [4.78, 5) is 1.56. The minimum atomic E-state index is -4.51. The van der Waals surface area contributed by atoms with E-state index in [-0.39, 0.29) is 42.6 Å². The van der Waals surface area contributed by atoms with Gasteiger partial charge in [-0.3, -0.25) is 0 Å². The Morgan fingerprint density at radius 2 is 1.79 bits per heavy atom. The highest BCUT2D eigenvalue weighted by molar-refractivity contribution is 7.89. The highest BCUT2D eigenvalue weighted by Gasteiger charge is 2.36. The lowest BCUT2D eigenvalue weighted by molar-refractivity contribution is -0.137. The van der Waals surface area contributed by atoms with Gasteiger partial charge in [0, 0.05) is 36.9 Å². The summed E-state index contributed by atoms with van der Waals surface area (Å²) in [5, 5.41) is 0.0202. The predicted octanol–water partition coefficient (Wildman–Crippen LogP) is 3.61. The first-order valence-corrected chi connectivity index (χ1v) is 9.73. The van der Waals surface area contributed by atoms with Gasteiger partial charge in [-0.1, -0.05) is 24.9 Å². The van der Waals surface area contributed by atoms with Crippen LogP contribution in [0, 0.1) is 0 Å². The number of rotatable bonds is 5. The van der Waals surface area contributed by atoms with Crippen LogP contribution in [0.4, 0.5) is 18.9 Å². The number of unbranched alkanes of at least 4 members (excludes halogenated alkanes) is 1. The van der Waals surface area contributed by atoms with Crippen molar-refractivity contribution in [2.75, 3.05) is 36.8 Å². The molecule has 1 aromatic rings. The Kier molecular flexibility index (Phi) is 6.04. The van der Waals surface area contributed by atoms with Gasteiger partial charge in [0.1, 0.15) is 0 Å². The first-order chi connectivity index (χ1) is 11.1. The van der Waals surface area contributed by atoms with Gasteiger partial charge in [0.15, 0.2) is 0 Å². The molecular weight excluding hydrogens is 365 g/mol. The van der Waals surface area contributed by atoms with Crippen LogP contribution in [-0.2, 0) is 16.2 Å². The number of hydrogen-bond donors (Lipinski definition) is 0. The van der Waals surface area contributed by atoms with Crippen molar-refractivity contribution in [2.24, 2.45) is 0 Å². The average Bonchev–Trinajstić information content (AvgIpc) is 2.52. The molecule has 0 aliphatic carbocycles. The van der Waals surface area contributed by atoms with Crippen LogP contribution in [0.2, 0.25) is 5.02 Å². The van der Waals surface area contributed by atoms with Crippen LogP contribution in [0.3, 0.4) is 0 Å². The van der Waals surface area contributed by atoms with E-state index in [0.717, 1.165) is 12.5 Å². The Hall–Kier alpha value is -0.990. The van der Waals surface area contributed by atoms with E-state index >= 15 is 0 Å². The molecule has 0 saturated carbocycles. The Morgan fingerprint density at radius 1 is 1.17 bits per heavy atom. The minimum Gasteiger partial charge on any atom is -0.368 e.